The number of guanidine groups is 1. The van der Waals surface area contributed by atoms with Crippen LogP contribution in [0.3, 0.4) is 0 Å². The standard InChI is InChI=1S/C16H29N5S.HI/c1-6-7-8-9-10-11-21(5)15(17-2)18-12-14-13-22-16(19-14)20(3)4;/h6,13H,1,7-12H2,2-5H3,(H,17,18);1H. The van der Waals surface area contributed by atoms with Gasteiger partial charge in [-0.3, -0.25) is 4.99 Å². The van der Waals surface area contributed by atoms with Crippen LogP contribution >= 0.6 is 35.3 Å². The van der Waals surface area contributed by atoms with Crippen molar-refractivity contribution in [2.45, 2.75) is 32.2 Å². The number of nitrogens with one attached hydrogen (secondary N) is 1. The molecule has 0 atom stereocenters. The van der Waals surface area contributed by atoms with Gasteiger partial charge >= 0.3 is 0 Å². The van der Waals surface area contributed by atoms with Gasteiger partial charge in [0.1, 0.15) is 0 Å². The van der Waals surface area contributed by atoms with Crippen LogP contribution < -0.4 is 10.2 Å². The zero-order valence-corrected chi connectivity index (χ0v) is 17.9. The largest absolute Gasteiger partial charge is 0.354 e. The lowest BCUT2D eigenvalue weighted by Crippen LogP contribution is -2.39. The van der Waals surface area contributed by atoms with Crippen LogP contribution in [0.4, 0.5) is 5.13 Å². The van der Waals surface area contributed by atoms with E-state index in [4.69, 9.17) is 0 Å². The fourth-order valence-electron chi connectivity index (χ4n) is 2.06. The van der Waals surface area contributed by atoms with E-state index >= 15 is 0 Å². The maximum atomic E-state index is 4.57. The summed E-state index contributed by atoms with van der Waals surface area (Å²) >= 11 is 1.66. The number of nitrogens with zero attached hydrogens (tertiary/aromatic N) is 4. The number of unbranched alkanes of at least 4 members (excludes halogenated alkanes) is 3. The monoisotopic (exact) mass is 451 g/mol. The van der Waals surface area contributed by atoms with Gasteiger partial charge < -0.3 is 15.1 Å². The number of allylic oxidation sites excluding steroid dienone is 1. The maximum absolute atomic E-state index is 4.57. The van der Waals surface area contributed by atoms with E-state index in [0.717, 1.165) is 29.8 Å². The van der Waals surface area contributed by atoms with E-state index in [1.807, 2.05) is 32.1 Å². The molecule has 0 aromatic carbocycles. The van der Waals surface area contributed by atoms with E-state index in [2.05, 4.69) is 39.2 Å². The first kappa shape index (κ1) is 22.2. The third kappa shape index (κ3) is 8.55. The van der Waals surface area contributed by atoms with E-state index < -0.39 is 0 Å². The number of aromatic nitrogens is 1. The zero-order valence-electron chi connectivity index (χ0n) is 14.7. The molecule has 0 radical (unpaired) electrons. The van der Waals surface area contributed by atoms with Crippen LogP contribution in [0.2, 0.25) is 0 Å². The van der Waals surface area contributed by atoms with Gasteiger partial charge in [0.15, 0.2) is 11.1 Å². The fourth-order valence-corrected chi connectivity index (χ4v) is 2.82. The molecule has 132 valence electrons. The smallest absolute Gasteiger partial charge is 0.193 e. The molecule has 1 aromatic rings. The van der Waals surface area contributed by atoms with Crippen LogP contribution in [0.25, 0.3) is 0 Å². The van der Waals surface area contributed by atoms with Gasteiger partial charge in [-0.25, -0.2) is 4.98 Å². The average molecular weight is 451 g/mol. The highest BCUT2D eigenvalue weighted by atomic mass is 127. The van der Waals surface area contributed by atoms with Crippen molar-refractivity contribution in [1.82, 2.24) is 15.2 Å². The number of thiazole rings is 1. The van der Waals surface area contributed by atoms with Crippen molar-refractivity contribution in [1.29, 1.82) is 0 Å². The van der Waals surface area contributed by atoms with Gasteiger partial charge in [-0.05, 0) is 19.3 Å². The molecule has 1 N–H and O–H groups in total. The van der Waals surface area contributed by atoms with Crippen LogP contribution in [0.15, 0.2) is 23.0 Å². The molecule has 0 saturated heterocycles. The van der Waals surface area contributed by atoms with Crippen molar-refractivity contribution < 1.29 is 0 Å². The third-order valence-corrected chi connectivity index (χ3v) is 4.38. The highest BCUT2D eigenvalue weighted by molar-refractivity contribution is 14.0. The second kappa shape index (κ2) is 12.6. The molecule has 0 amide bonds. The summed E-state index contributed by atoms with van der Waals surface area (Å²) in [7, 11) is 7.92. The minimum absolute atomic E-state index is 0. The normalized spacial score (nSPS) is 10.9. The first-order valence-corrected chi connectivity index (χ1v) is 8.60. The second-order valence-corrected chi connectivity index (χ2v) is 6.31. The molecule has 0 aliphatic heterocycles. The number of anilines is 1. The van der Waals surface area contributed by atoms with Crippen LogP contribution in [0, 0.1) is 0 Å². The Balaban J connectivity index is 0.00000484. The van der Waals surface area contributed by atoms with Gasteiger partial charge in [-0.2, -0.15) is 0 Å². The first-order chi connectivity index (χ1) is 10.6. The summed E-state index contributed by atoms with van der Waals surface area (Å²) in [5.41, 5.74) is 1.05. The molecular weight excluding hydrogens is 421 g/mol. The molecule has 1 heterocycles. The Labute approximate surface area is 161 Å². The van der Waals surface area contributed by atoms with Crippen molar-refractivity contribution in [3.8, 4) is 0 Å². The van der Waals surface area contributed by atoms with E-state index in [1.54, 1.807) is 11.3 Å². The highest BCUT2D eigenvalue weighted by Crippen LogP contribution is 2.17. The summed E-state index contributed by atoms with van der Waals surface area (Å²) in [6.45, 7) is 5.47. The van der Waals surface area contributed by atoms with Gasteiger partial charge in [-0.1, -0.05) is 12.5 Å². The van der Waals surface area contributed by atoms with Crippen LogP contribution in [-0.4, -0.2) is 50.6 Å². The SMILES string of the molecule is C=CCCCCCN(C)C(=NC)NCc1csc(N(C)C)n1.I. The number of aliphatic imine (C=N–C) groups is 1. The topological polar surface area (TPSA) is 43.8 Å². The van der Waals surface area contributed by atoms with Crippen molar-refractivity contribution in [2.24, 2.45) is 4.99 Å². The summed E-state index contributed by atoms with van der Waals surface area (Å²) in [5.74, 6) is 0.920. The highest BCUT2D eigenvalue weighted by Gasteiger charge is 2.07. The number of hydrogen-bond acceptors (Lipinski definition) is 4. The minimum Gasteiger partial charge on any atom is -0.354 e. The van der Waals surface area contributed by atoms with E-state index in [1.165, 1.54) is 19.3 Å². The summed E-state index contributed by atoms with van der Waals surface area (Å²) in [4.78, 5) is 13.1. The molecule has 0 spiro atoms. The molecule has 7 heteroatoms. The van der Waals surface area contributed by atoms with Gasteiger partial charge in [0.05, 0.1) is 12.2 Å². The van der Waals surface area contributed by atoms with Crippen LogP contribution in [0.5, 0.6) is 0 Å². The Morgan fingerprint density at radius 2 is 2.09 bits per heavy atom. The number of halogens is 1. The zero-order chi connectivity index (χ0) is 16.4. The maximum Gasteiger partial charge on any atom is 0.193 e. The molecule has 5 nitrogen and oxygen atoms in total. The Hall–Kier alpha value is -0.830. The van der Waals surface area contributed by atoms with Crippen molar-refractivity contribution >= 4 is 46.4 Å². The Morgan fingerprint density at radius 1 is 1.35 bits per heavy atom. The molecule has 0 aliphatic carbocycles. The number of hydrogen-bond donors (Lipinski definition) is 1. The first-order valence-electron chi connectivity index (χ1n) is 7.73. The fraction of sp³-hybridized carbons (Fsp3) is 0.625. The minimum atomic E-state index is 0. The molecule has 0 saturated carbocycles. The van der Waals surface area contributed by atoms with Gasteiger partial charge in [0.2, 0.25) is 0 Å². The van der Waals surface area contributed by atoms with Crippen LogP contribution in [-0.2, 0) is 6.54 Å². The van der Waals surface area contributed by atoms with Crippen LogP contribution in [0.1, 0.15) is 31.4 Å². The van der Waals surface area contributed by atoms with E-state index in [-0.39, 0.29) is 24.0 Å². The summed E-state index contributed by atoms with van der Waals surface area (Å²) < 4.78 is 0. The molecule has 0 aliphatic rings. The molecule has 1 aromatic heterocycles. The van der Waals surface area contributed by atoms with Gasteiger partial charge in [-0.15, -0.1) is 41.9 Å². The predicted octanol–water partition coefficient (Wildman–Crippen LogP) is 3.58. The summed E-state index contributed by atoms with van der Waals surface area (Å²) in [5, 5.41) is 6.49. The molecule has 1 rings (SSSR count). The summed E-state index contributed by atoms with van der Waals surface area (Å²) in [6.07, 6.45) is 6.71. The number of rotatable bonds is 9. The lowest BCUT2D eigenvalue weighted by Gasteiger charge is -2.21. The second-order valence-electron chi connectivity index (χ2n) is 5.48. The van der Waals surface area contributed by atoms with E-state index in [0.29, 0.717) is 6.54 Å². The quantitative estimate of drug-likeness (QED) is 0.205. The van der Waals surface area contributed by atoms with E-state index in [9.17, 15) is 0 Å². The predicted molar refractivity (Wildman–Crippen MR) is 113 cm³/mol. The average Bonchev–Trinajstić information content (AvgIpc) is 2.97. The Bertz CT molecular complexity index is 473. The molecule has 0 fully saturated rings. The van der Waals surface area contributed by atoms with Gasteiger partial charge in [0.25, 0.3) is 0 Å². The lowest BCUT2D eigenvalue weighted by atomic mass is 10.2. The molecular formula is C16H30IN5S. The summed E-state index contributed by atoms with van der Waals surface area (Å²) in [6, 6.07) is 0. The van der Waals surface area contributed by atoms with Crippen molar-refractivity contribution in [2.75, 3.05) is 39.6 Å². The van der Waals surface area contributed by atoms with Crippen molar-refractivity contribution in [3.05, 3.63) is 23.7 Å². The molecule has 23 heavy (non-hydrogen) atoms. The third-order valence-electron chi connectivity index (χ3n) is 3.32. The lowest BCUT2D eigenvalue weighted by molar-refractivity contribution is 0.455. The molecule has 0 bridgehead atoms. The molecule has 0 unspecified atom stereocenters. The van der Waals surface area contributed by atoms with Crippen molar-refractivity contribution in [3.63, 3.8) is 0 Å². The Kier molecular flexibility index (Phi) is 12.1. The van der Waals surface area contributed by atoms with Gasteiger partial charge in [0, 0.05) is 40.1 Å². The Morgan fingerprint density at radius 3 is 2.65 bits per heavy atom.